The third-order valence-corrected chi connectivity index (χ3v) is 3.84. The average Bonchev–Trinajstić information content (AvgIpc) is 2.42. The maximum atomic E-state index is 9.07. The summed E-state index contributed by atoms with van der Waals surface area (Å²) in [4.78, 5) is 6.52. The molecule has 1 aromatic rings. The van der Waals surface area contributed by atoms with E-state index in [2.05, 4.69) is 9.88 Å². The van der Waals surface area contributed by atoms with Crippen molar-refractivity contribution in [1.29, 1.82) is 0 Å². The van der Waals surface area contributed by atoms with Gasteiger partial charge in [0.25, 0.3) is 0 Å². The Morgan fingerprint density at radius 3 is 2.89 bits per heavy atom. The number of rotatable bonds is 5. The number of aromatic nitrogens is 1. The van der Waals surface area contributed by atoms with Gasteiger partial charge in [-0.15, -0.1) is 0 Å². The maximum Gasteiger partial charge on any atom is 0.0471 e. The van der Waals surface area contributed by atoms with E-state index >= 15 is 0 Å². The predicted molar refractivity (Wildman–Crippen MR) is 72.0 cm³/mol. The zero-order chi connectivity index (χ0) is 12.8. The molecule has 0 aliphatic carbocycles. The number of nitrogens with two attached hydrogens (primary N) is 1. The van der Waals surface area contributed by atoms with E-state index in [0.717, 1.165) is 19.5 Å². The quantitative estimate of drug-likeness (QED) is 0.822. The van der Waals surface area contributed by atoms with Crippen molar-refractivity contribution in [3.05, 3.63) is 30.1 Å². The van der Waals surface area contributed by atoms with Gasteiger partial charge in [-0.05, 0) is 49.4 Å². The summed E-state index contributed by atoms with van der Waals surface area (Å²) in [5.74, 6) is 0.611. The Bertz CT molecular complexity index is 342. The molecule has 2 unspecified atom stereocenters. The standard InChI is InChI=1S/C14H23N3O/c15-10-14(13-3-6-16-7-4-13)17-8-1-2-12(11-17)5-9-18/h3-4,6-7,12,14,18H,1-2,5,8-11,15H2. The minimum Gasteiger partial charge on any atom is -0.396 e. The van der Waals surface area contributed by atoms with E-state index in [1.165, 1.54) is 18.4 Å². The molecule has 0 spiro atoms. The monoisotopic (exact) mass is 249 g/mol. The minimum atomic E-state index is 0.287. The van der Waals surface area contributed by atoms with Crippen molar-refractivity contribution >= 4 is 0 Å². The van der Waals surface area contributed by atoms with Crippen LogP contribution in [0.4, 0.5) is 0 Å². The van der Waals surface area contributed by atoms with E-state index in [-0.39, 0.29) is 6.04 Å². The molecule has 0 amide bonds. The van der Waals surface area contributed by atoms with Crippen molar-refractivity contribution in [3.63, 3.8) is 0 Å². The van der Waals surface area contributed by atoms with Gasteiger partial charge >= 0.3 is 0 Å². The highest BCUT2D eigenvalue weighted by Gasteiger charge is 2.25. The molecule has 2 heterocycles. The van der Waals surface area contributed by atoms with Gasteiger partial charge in [-0.3, -0.25) is 9.88 Å². The molecule has 1 fully saturated rings. The van der Waals surface area contributed by atoms with Crippen molar-refractivity contribution in [2.45, 2.75) is 25.3 Å². The van der Waals surface area contributed by atoms with Gasteiger partial charge in [0.05, 0.1) is 0 Å². The summed E-state index contributed by atoms with van der Waals surface area (Å²) in [5, 5.41) is 9.07. The van der Waals surface area contributed by atoms with Crippen LogP contribution < -0.4 is 5.73 Å². The molecular weight excluding hydrogens is 226 g/mol. The molecule has 2 rings (SSSR count). The van der Waals surface area contributed by atoms with Crippen molar-refractivity contribution in [3.8, 4) is 0 Å². The first-order chi connectivity index (χ1) is 8.85. The summed E-state index contributed by atoms with van der Waals surface area (Å²) < 4.78 is 0. The van der Waals surface area contributed by atoms with Crippen LogP contribution in [-0.4, -0.2) is 41.2 Å². The molecule has 0 aromatic carbocycles. The van der Waals surface area contributed by atoms with Gasteiger partial charge in [-0.2, -0.15) is 0 Å². The second kappa shape index (κ2) is 6.83. The van der Waals surface area contributed by atoms with Crippen LogP contribution in [0.5, 0.6) is 0 Å². The Labute approximate surface area is 109 Å². The van der Waals surface area contributed by atoms with Gasteiger partial charge in [0, 0.05) is 38.1 Å². The van der Waals surface area contributed by atoms with Gasteiger partial charge in [-0.25, -0.2) is 0 Å². The van der Waals surface area contributed by atoms with Crippen molar-refractivity contribution in [2.24, 2.45) is 11.7 Å². The highest BCUT2D eigenvalue weighted by atomic mass is 16.3. The Hall–Kier alpha value is -0.970. The van der Waals surface area contributed by atoms with Crippen LogP contribution in [0.3, 0.4) is 0 Å². The summed E-state index contributed by atoms with van der Waals surface area (Å²) in [7, 11) is 0. The van der Waals surface area contributed by atoms with Gasteiger partial charge in [0.1, 0.15) is 0 Å². The van der Waals surface area contributed by atoms with E-state index in [0.29, 0.717) is 19.1 Å². The Kier molecular flexibility index (Phi) is 5.11. The highest BCUT2D eigenvalue weighted by molar-refractivity contribution is 5.15. The second-order valence-corrected chi connectivity index (χ2v) is 5.05. The van der Waals surface area contributed by atoms with Gasteiger partial charge < -0.3 is 10.8 Å². The summed E-state index contributed by atoms with van der Waals surface area (Å²) >= 11 is 0. The van der Waals surface area contributed by atoms with E-state index in [1.807, 2.05) is 24.5 Å². The summed E-state index contributed by atoms with van der Waals surface area (Å²) in [6.45, 7) is 3.08. The fourth-order valence-electron chi connectivity index (χ4n) is 2.88. The Morgan fingerprint density at radius 1 is 1.44 bits per heavy atom. The zero-order valence-electron chi connectivity index (χ0n) is 10.8. The largest absolute Gasteiger partial charge is 0.396 e. The molecule has 3 N–H and O–H groups in total. The fraction of sp³-hybridized carbons (Fsp3) is 0.643. The molecule has 4 heteroatoms. The minimum absolute atomic E-state index is 0.287. The lowest BCUT2D eigenvalue weighted by Gasteiger charge is -2.38. The maximum absolute atomic E-state index is 9.07. The third kappa shape index (κ3) is 3.28. The number of piperidine rings is 1. The van der Waals surface area contributed by atoms with Gasteiger partial charge in [-0.1, -0.05) is 0 Å². The van der Waals surface area contributed by atoms with E-state index in [1.54, 1.807) is 0 Å². The molecule has 1 aromatic heterocycles. The van der Waals surface area contributed by atoms with E-state index in [9.17, 15) is 0 Å². The lowest BCUT2D eigenvalue weighted by atomic mass is 9.93. The molecular formula is C14H23N3O. The van der Waals surface area contributed by atoms with Crippen LogP contribution in [0.15, 0.2) is 24.5 Å². The summed E-state index contributed by atoms with van der Waals surface area (Å²) in [5.41, 5.74) is 7.19. The Balaban J connectivity index is 2.03. The first kappa shape index (κ1) is 13.5. The smallest absolute Gasteiger partial charge is 0.0471 e. The summed E-state index contributed by atoms with van der Waals surface area (Å²) in [6.07, 6.45) is 6.99. The number of aliphatic hydroxyl groups is 1. The fourth-order valence-corrected chi connectivity index (χ4v) is 2.88. The van der Waals surface area contributed by atoms with Crippen LogP contribution >= 0.6 is 0 Å². The van der Waals surface area contributed by atoms with Crippen molar-refractivity contribution in [1.82, 2.24) is 9.88 Å². The van der Waals surface area contributed by atoms with Gasteiger partial charge in [0.2, 0.25) is 0 Å². The predicted octanol–water partition coefficient (Wildman–Crippen LogP) is 1.18. The molecule has 100 valence electrons. The first-order valence-corrected chi connectivity index (χ1v) is 6.80. The first-order valence-electron chi connectivity index (χ1n) is 6.80. The molecule has 4 nitrogen and oxygen atoms in total. The van der Waals surface area contributed by atoms with Crippen LogP contribution in [0.2, 0.25) is 0 Å². The molecule has 1 aliphatic rings. The van der Waals surface area contributed by atoms with E-state index in [4.69, 9.17) is 10.8 Å². The highest BCUT2D eigenvalue weighted by Crippen LogP contribution is 2.27. The number of pyridine rings is 1. The van der Waals surface area contributed by atoms with Gasteiger partial charge in [0.15, 0.2) is 0 Å². The zero-order valence-corrected chi connectivity index (χ0v) is 10.8. The normalized spacial score (nSPS) is 22.9. The lowest BCUT2D eigenvalue weighted by molar-refractivity contribution is 0.110. The molecule has 18 heavy (non-hydrogen) atoms. The van der Waals surface area contributed by atoms with Crippen LogP contribution in [0.25, 0.3) is 0 Å². The topological polar surface area (TPSA) is 62.4 Å². The molecule has 2 atom stereocenters. The van der Waals surface area contributed by atoms with Crippen LogP contribution in [0, 0.1) is 5.92 Å². The number of nitrogens with zero attached hydrogens (tertiary/aromatic N) is 2. The van der Waals surface area contributed by atoms with Crippen molar-refractivity contribution in [2.75, 3.05) is 26.2 Å². The second-order valence-electron chi connectivity index (χ2n) is 5.05. The number of hydrogen-bond donors (Lipinski definition) is 2. The van der Waals surface area contributed by atoms with Crippen LogP contribution in [-0.2, 0) is 0 Å². The summed E-state index contributed by atoms with van der Waals surface area (Å²) in [6, 6.07) is 4.38. The molecule has 0 saturated carbocycles. The lowest BCUT2D eigenvalue weighted by Crippen LogP contribution is -2.41. The van der Waals surface area contributed by atoms with Crippen LogP contribution in [0.1, 0.15) is 30.9 Å². The molecule has 0 bridgehead atoms. The molecule has 1 aliphatic heterocycles. The Morgan fingerprint density at radius 2 is 2.22 bits per heavy atom. The molecule has 1 saturated heterocycles. The molecule has 0 radical (unpaired) electrons. The SMILES string of the molecule is NCC(c1ccncc1)N1CCCC(CCO)C1. The van der Waals surface area contributed by atoms with Crippen molar-refractivity contribution < 1.29 is 5.11 Å². The van der Waals surface area contributed by atoms with E-state index < -0.39 is 0 Å². The number of hydrogen-bond acceptors (Lipinski definition) is 4. The average molecular weight is 249 g/mol. The third-order valence-electron chi connectivity index (χ3n) is 3.84. The number of likely N-dealkylation sites (tertiary alicyclic amines) is 1. The number of aliphatic hydroxyl groups excluding tert-OH is 1.